The number of rotatable bonds is 5. The zero-order valence-electron chi connectivity index (χ0n) is 14.7. The van der Waals surface area contributed by atoms with Gasteiger partial charge in [0.2, 0.25) is 0 Å². The molecule has 0 amide bonds. The van der Waals surface area contributed by atoms with Gasteiger partial charge in [0.25, 0.3) is 10.2 Å². The van der Waals surface area contributed by atoms with Gasteiger partial charge in [0.15, 0.2) is 0 Å². The number of hydrogen-bond donors (Lipinski definition) is 0. The van der Waals surface area contributed by atoms with E-state index < -0.39 is 10.2 Å². The van der Waals surface area contributed by atoms with E-state index in [1.54, 1.807) is 8.61 Å². The molecule has 0 bridgehead atoms. The van der Waals surface area contributed by atoms with Gasteiger partial charge in [-0.3, -0.25) is 0 Å². The molecule has 0 aromatic carbocycles. The second kappa shape index (κ2) is 7.60. The van der Waals surface area contributed by atoms with Crippen LogP contribution in [-0.2, 0) is 10.2 Å². The lowest BCUT2D eigenvalue weighted by Gasteiger charge is -2.39. The lowest BCUT2D eigenvalue weighted by molar-refractivity contribution is 0.191. The van der Waals surface area contributed by atoms with Gasteiger partial charge in [0.05, 0.1) is 0 Å². The smallest absolute Gasteiger partial charge is 0.281 e. The lowest BCUT2D eigenvalue weighted by atomic mass is 9.94. The molecule has 2 aliphatic rings. The van der Waals surface area contributed by atoms with Gasteiger partial charge < -0.3 is 4.90 Å². The molecule has 130 valence electrons. The molecule has 6 heteroatoms. The topological polar surface area (TPSA) is 43.9 Å². The summed E-state index contributed by atoms with van der Waals surface area (Å²) >= 11 is 0. The van der Waals surface area contributed by atoms with Crippen molar-refractivity contribution in [2.45, 2.75) is 39.5 Å². The Morgan fingerprint density at radius 2 is 1.55 bits per heavy atom. The summed E-state index contributed by atoms with van der Waals surface area (Å²) in [6.45, 7) is 8.18. The van der Waals surface area contributed by atoms with Crippen molar-refractivity contribution in [1.82, 2.24) is 13.5 Å². The van der Waals surface area contributed by atoms with Crippen molar-refractivity contribution in [3.05, 3.63) is 0 Å². The minimum absolute atomic E-state index is 0.469. The van der Waals surface area contributed by atoms with Crippen molar-refractivity contribution < 1.29 is 8.42 Å². The van der Waals surface area contributed by atoms with E-state index in [2.05, 4.69) is 32.8 Å². The number of piperidine rings is 2. The fourth-order valence-electron chi connectivity index (χ4n) is 3.83. The first-order chi connectivity index (χ1) is 10.3. The third-order valence-electron chi connectivity index (χ3n) is 5.05. The molecular formula is C16H33N3O2S. The summed E-state index contributed by atoms with van der Waals surface area (Å²) in [4.78, 5) is 2.21. The Hall–Kier alpha value is -0.170. The summed E-state index contributed by atoms with van der Waals surface area (Å²) in [6.07, 6.45) is 4.33. The molecule has 2 saturated heterocycles. The molecule has 0 unspecified atom stereocenters. The molecular weight excluding hydrogens is 298 g/mol. The first-order valence-corrected chi connectivity index (χ1v) is 10.1. The maximum Gasteiger partial charge on any atom is 0.281 e. The minimum Gasteiger partial charge on any atom is -0.309 e. The van der Waals surface area contributed by atoms with Crippen LogP contribution in [0.25, 0.3) is 0 Å². The van der Waals surface area contributed by atoms with Crippen LogP contribution in [0.15, 0.2) is 0 Å². The molecule has 22 heavy (non-hydrogen) atoms. The summed E-state index contributed by atoms with van der Waals surface area (Å²) in [7, 11) is 0.942. The Bertz CT molecular complexity index is 434. The van der Waals surface area contributed by atoms with Crippen LogP contribution in [0, 0.1) is 17.8 Å². The van der Waals surface area contributed by atoms with E-state index in [9.17, 15) is 8.42 Å². The summed E-state index contributed by atoms with van der Waals surface area (Å²) in [6, 6.07) is 0. The van der Waals surface area contributed by atoms with Crippen LogP contribution in [0.3, 0.4) is 0 Å². The average molecular weight is 332 g/mol. The molecule has 2 atom stereocenters. The third-order valence-corrected chi connectivity index (χ3v) is 7.01. The van der Waals surface area contributed by atoms with E-state index in [1.807, 2.05) is 0 Å². The van der Waals surface area contributed by atoms with Crippen LogP contribution < -0.4 is 0 Å². The summed E-state index contributed by atoms with van der Waals surface area (Å²) in [5.74, 6) is 1.61. The highest BCUT2D eigenvalue weighted by Crippen LogP contribution is 2.28. The SMILES string of the molecule is C[C@@H]1C[C@H](C)CN(S(=O)(=O)N2CCC(CCN(C)C)CC2)C1. The van der Waals surface area contributed by atoms with E-state index in [1.165, 1.54) is 6.42 Å². The van der Waals surface area contributed by atoms with E-state index in [4.69, 9.17) is 0 Å². The van der Waals surface area contributed by atoms with E-state index in [0.29, 0.717) is 43.9 Å². The van der Waals surface area contributed by atoms with E-state index >= 15 is 0 Å². The molecule has 0 aliphatic carbocycles. The van der Waals surface area contributed by atoms with Crippen LogP contribution in [0.1, 0.15) is 39.5 Å². The Kier molecular flexibility index (Phi) is 6.28. The zero-order valence-corrected chi connectivity index (χ0v) is 15.5. The highest BCUT2D eigenvalue weighted by atomic mass is 32.2. The zero-order chi connectivity index (χ0) is 16.3. The average Bonchev–Trinajstić information content (AvgIpc) is 2.44. The first kappa shape index (κ1) is 18.2. The molecule has 2 fully saturated rings. The van der Waals surface area contributed by atoms with Crippen molar-refractivity contribution in [3.63, 3.8) is 0 Å². The molecule has 5 nitrogen and oxygen atoms in total. The predicted molar refractivity (Wildman–Crippen MR) is 90.9 cm³/mol. The summed E-state index contributed by atoms with van der Waals surface area (Å²) in [5.41, 5.74) is 0. The fraction of sp³-hybridized carbons (Fsp3) is 1.00. The van der Waals surface area contributed by atoms with Gasteiger partial charge in [-0.15, -0.1) is 0 Å². The molecule has 2 rings (SSSR count). The van der Waals surface area contributed by atoms with E-state index in [0.717, 1.165) is 25.8 Å². The number of nitrogens with zero attached hydrogens (tertiary/aromatic N) is 3. The van der Waals surface area contributed by atoms with Crippen LogP contribution >= 0.6 is 0 Å². The van der Waals surface area contributed by atoms with Crippen LogP contribution in [0.4, 0.5) is 0 Å². The standard InChI is InChI=1S/C16H33N3O2S/c1-14-11-15(2)13-19(12-14)22(20,21)18-9-6-16(7-10-18)5-8-17(3)4/h14-16H,5-13H2,1-4H3/t14-,15+. The fourth-order valence-corrected chi connectivity index (χ4v) is 5.71. The second-order valence-electron chi connectivity index (χ2n) is 7.71. The quantitative estimate of drug-likeness (QED) is 0.772. The molecule has 0 aromatic rings. The van der Waals surface area contributed by atoms with Gasteiger partial charge in [-0.05, 0) is 64.1 Å². The molecule has 0 N–H and O–H groups in total. The lowest BCUT2D eigenvalue weighted by Crippen LogP contribution is -2.51. The van der Waals surface area contributed by atoms with Gasteiger partial charge in [-0.1, -0.05) is 13.8 Å². The molecule has 0 radical (unpaired) electrons. The van der Waals surface area contributed by atoms with Gasteiger partial charge in [-0.2, -0.15) is 17.0 Å². The van der Waals surface area contributed by atoms with Crippen molar-refractivity contribution in [2.24, 2.45) is 17.8 Å². The maximum absolute atomic E-state index is 12.8. The van der Waals surface area contributed by atoms with Gasteiger partial charge in [-0.25, -0.2) is 0 Å². The van der Waals surface area contributed by atoms with Gasteiger partial charge in [0.1, 0.15) is 0 Å². The third kappa shape index (κ3) is 4.66. The first-order valence-electron chi connectivity index (χ1n) is 8.69. The molecule has 0 aromatic heterocycles. The van der Waals surface area contributed by atoms with Crippen molar-refractivity contribution in [3.8, 4) is 0 Å². The second-order valence-corrected chi connectivity index (χ2v) is 9.63. The van der Waals surface area contributed by atoms with Crippen LogP contribution in [0.2, 0.25) is 0 Å². The Morgan fingerprint density at radius 3 is 2.05 bits per heavy atom. The van der Waals surface area contributed by atoms with Gasteiger partial charge in [0, 0.05) is 26.2 Å². The number of hydrogen-bond acceptors (Lipinski definition) is 3. The minimum atomic E-state index is -3.25. The summed E-state index contributed by atoms with van der Waals surface area (Å²) < 4.78 is 29.2. The highest BCUT2D eigenvalue weighted by molar-refractivity contribution is 7.86. The maximum atomic E-state index is 12.8. The normalized spacial score (nSPS) is 30.0. The molecule has 0 saturated carbocycles. The van der Waals surface area contributed by atoms with Gasteiger partial charge >= 0.3 is 0 Å². The van der Waals surface area contributed by atoms with Crippen LogP contribution in [0.5, 0.6) is 0 Å². The molecule has 2 heterocycles. The molecule has 2 aliphatic heterocycles. The predicted octanol–water partition coefficient (Wildman–Crippen LogP) is 1.87. The monoisotopic (exact) mass is 331 g/mol. The Labute approximate surface area is 136 Å². The Morgan fingerprint density at radius 1 is 1.00 bits per heavy atom. The van der Waals surface area contributed by atoms with Crippen molar-refractivity contribution >= 4 is 10.2 Å². The largest absolute Gasteiger partial charge is 0.309 e. The Balaban J connectivity index is 1.89. The van der Waals surface area contributed by atoms with E-state index in [-0.39, 0.29) is 0 Å². The summed E-state index contributed by atoms with van der Waals surface area (Å²) in [5, 5.41) is 0. The van der Waals surface area contributed by atoms with Crippen LogP contribution in [-0.4, -0.2) is 68.7 Å². The van der Waals surface area contributed by atoms with Crippen molar-refractivity contribution in [1.29, 1.82) is 0 Å². The molecule has 0 spiro atoms. The van der Waals surface area contributed by atoms with Crippen molar-refractivity contribution in [2.75, 3.05) is 46.8 Å². The highest BCUT2D eigenvalue weighted by Gasteiger charge is 2.36.